The Balaban J connectivity index is 1.85. The molecule has 0 saturated carbocycles. The fraction of sp³-hybridized carbons (Fsp3) is 0.345. The zero-order valence-electron chi connectivity index (χ0n) is 22.0. The molecule has 0 bridgehead atoms. The molecule has 2 atom stereocenters. The Bertz CT molecular complexity index is 1520. The average Bonchev–Trinajstić information content (AvgIpc) is 3.18. The summed E-state index contributed by atoms with van der Waals surface area (Å²) in [5, 5.41) is 0. The number of thiazole rings is 1. The second-order valence-corrected chi connectivity index (χ2v) is 9.97. The highest BCUT2D eigenvalue weighted by Crippen LogP contribution is 2.31. The summed E-state index contributed by atoms with van der Waals surface area (Å²) in [7, 11) is 1.59. The highest BCUT2D eigenvalue weighted by Gasteiger charge is 2.33. The molecular weight excluding hydrogens is 488 g/mol. The van der Waals surface area contributed by atoms with Gasteiger partial charge < -0.3 is 14.2 Å². The standard InChI is InChI=1S/C29H32N2O5S/c1-7-18(4)36-22-14-11-20(15-23(22)34-6)16-24-27(32)31-26(21-12-9-17(3)10-13-21)25(28(33)35-8-2)19(5)30-29(31)37-24/h9-16,18,26H,7-8H2,1-6H3/b24-16+/t18-,26+/m0/s1. The fourth-order valence-electron chi connectivity index (χ4n) is 4.18. The molecule has 0 N–H and O–H groups in total. The molecule has 2 heterocycles. The topological polar surface area (TPSA) is 79.1 Å². The van der Waals surface area contributed by atoms with Gasteiger partial charge in [0.05, 0.1) is 41.7 Å². The second-order valence-electron chi connectivity index (χ2n) is 8.96. The predicted octanol–water partition coefficient (Wildman–Crippen LogP) is 4.29. The zero-order valence-corrected chi connectivity index (χ0v) is 22.8. The van der Waals surface area contributed by atoms with Gasteiger partial charge in [-0.25, -0.2) is 9.79 Å². The molecule has 0 aliphatic carbocycles. The van der Waals surface area contributed by atoms with Crippen molar-refractivity contribution in [3.05, 3.63) is 90.1 Å². The van der Waals surface area contributed by atoms with E-state index in [2.05, 4.69) is 11.9 Å². The molecule has 8 heteroatoms. The van der Waals surface area contributed by atoms with Gasteiger partial charge in [0.15, 0.2) is 16.3 Å². The Morgan fingerprint density at radius 3 is 2.51 bits per heavy atom. The Kier molecular flexibility index (Phi) is 7.97. The normalized spacial score (nSPS) is 16.2. The van der Waals surface area contributed by atoms with Crippen LogP contribution in [0.15, 0.2) is 63.5 Å². The van der Waals surface area contributed by atoms with E-state index >= 15 is 0 Å². The van der Waals surface area contributed by atoms with Crippen molar-refractivity contribution < 1.29 is 19.0 Å². The minimum atomic E-state index is -0.626. The van der Waals surface area contributed by atoms with E-state index in [0.29, 0.717) is 32.1 Å². The maximum absolute atomic E-state index is 13.8. The average molecular weight is 521 g/mol. The van der Waals surface area contributed by atoms with Crippen LogP contribution in [-0.4, -0.2) is 30.4 Å². The number of aromatic nitrogens is 1. The first-order valence-electron chi connectivity index (χ1n) is 12.4. The molecule has 1 aromatic heterocycles. The number of hydrogen-bond acceptors (Lipinski definition) is 7. The van der Waals surface area contributed by atoms with Crippen molar-refractivity contribution >= 4 is 23.4 Å². The Morgan fingerprint density at radius 1 is 1.14 bits per heavy atom. The molecular formula is C29H32N2O5S. The van der Waals surface area contributed by atoms with Crippen LogP contribution in [0.5, 0.6) is 11.5 Å². The lowest BCUT2D eigenvalue weighted by atomic mass is 9.95. The summed E-state index contributed by atoms with van der Waals surface area (Å²) in [5.74, 6) is 0.787. The van der Waals surface area contributed by atoms with Crippen LogP contribution in [0.4, 0.5) is 0 Å². The van der Waals surface area contributed by atoms with Crippen LogP contribution in [-0.2, 0) is 9.53 Å². The van der Waals surface area contributed by atoms with E-state index < -0.39 is 12.0 Å². The first kappa shape index (κ1) is 26.4. The van der Waals surface area contributed by atoms with Crippen LogP contribution >= 0.6 is 11.3 Å². The molecule has 194 valence electrons. The molecule has 0 spiro atoms. The number of fused-ring (bicyclic) bond motifs is 1. The van der Waals surface area contributed by atoms with Gasteiger partial charge in [-0.05, 0) is 63.5 Å². The summed E-state index contributed by atoms with van der Waals surface area (Å²) in [6.45, 7) is 9.84. The summed E-state index contributed by atoms with van der Waals surface area (Å²) in [6, 6.07) is 12.8. The third kappa shape index (κ3) is 5.39. The van der Waals surface area contributed by atoms with E-state index in [1.165, 1.54) is 11.3 Å². The second kappa shape index (κ2) is 11.2. The SMILES string of the molecule is CCOC(=O)C1=C(C)N=c2s/c(=C/c3ccc(O[C@@H](C)CC)c(OC)c3)c(=O)n2[C@@H]1c1ccc(C)cc1. The quantitative estimate of drug-likeness (QED) is 0.414. The number of rotatable bonds is 8. The van der Waals surface area contributed by atoms with Crippen LogP contribution in [0.3, 0.4) is 0 Å². The number of hydrogen-bond donors (Lipinski definition) is 0. The van der Waals surface area contributed by atoms with E-state index in [9.17, 15) is 9.59 Å². The van der Waals surface area contributed by atoms with Crippen molar-refractivity contribution in [2.75, 3.05) is 13.7 Å². The third-order valence-electron chi connectivity index (χ3n) is 6.30. The van der Waals surface area contributed by atoms with E-state index in [4.69, 9.17) is 14.2 Å². The number of benzene rings is 2. The maximum Gasteiger partial charge on any atom is 0.338 e. The minimum Gasteiger partial charge on any atom is -0.493 e. The van der Waals surface area contributed by atoms with Crippen LogP contribution < -0.4 is 24.4 Å². The lowest BCUT2D eigenvalue weighted by molar-refractivity contribution is -0.139. The molecule has 0 unspecified atom stereocenters. The molecule has 3 aromatic rings. The van der Waals surface area contributed by atoms with Crippen molar-refractivity contribution in [3.63, 3.8) is 0 Å². The van der Waals surface area contributed by atoms with Gasteiger partial charge >= 0.3 is 5.97 Å². The van der Waals surface area contributed by atoms with Crippen molar-refractivity contribution in [1.82, 2.24) is 4.57 Å². The van der Waals surface area contributed by atoms with Crippen LogP contribution in [0.2, 0.25) is 0 Å². The highest BCUT2D eigenvalue weighted by atomic mass is 32.1. The van der Waals surface area contributed by atoms with Crippen molar-refractivity contribution in [2.24, 2.45) is 4.99 Å². The van der Waals surface area contributed by atoms with Crippen molar-refractivity contribution in [3.8, 4) is 11.5 Å². The summed E-state index contributed by atoms with van der Waals surface area (Å²) in [4.78, 5) is 31.9. The highest BCUT2D eigenvalue weighted by molar-refractivity contribution is 7.07. The van der Waals surface area contributed by atoms with Crippen LogP contribution in [0, 0.1) is 6.92 Å². The van der Waals surface area contributed by atoms with E-state index in [1.54, 1.807) is 25.5 Å². The number of esters is 1. The zero-order chi connectivity index (χ0) is 26.7. The van der Waals surface area contributed by atoms with Gasteiger partial charge in [-0.2, -0.15) is 0 Å². The van der Waals surface area contributed by atoms with E-state index in [1.807, 2.05) is 62.4 Å². The number of carbonyl (C=O) groups excluding carboxylic acids is 1. The maximum atomic E-state index is 13.8. The summed E-state index contributed by atoms with van der Waals surface area (Å²) >= 11 is 1.29. The number of methoxy groups -OCH3 is 1. The Morgan fingerprint density at radius 2 is 1.86 bits per heavy atom. The van der Waals surface area contributed by atoms with Gasteiger partial charge in [0.1, 0.15) is 0 Å². The van der Waals surface area contributed by atoms with E-state index in [-0.39, 0.29) is 18.3 Å². The number of ether oxygens (including phenoxy) is 3. The molecule has 0 fully saturated rings. The molecule has 1 aliphatic heterocycles. The summed E-state index contributed by atoms with van der Waals surface area (Å²) in [5.41, 5.74) is 3.41. The molecule has 7 nitrogen and oxygen atoms in total. The van der Waals surface area contributed by atoms with E-state index in [0.717, 1.165) is 23.1 Å². The fourth-order valence-corrected chi connectivity index (χ4v) is 5.23. The molecule has 4 rings (SSSR count). The van der Waals surface area contributed by atoms with Gasteiger partial charge in [0.2, 0.25) is 0 Å². The molecule has 0 saturated heterocycles. The summed E-state index contributed by atoms with van der Waals surface area (Å²) < 4.78 is 18.9. The lowest BCUT2D eigenvalue weighted by Crippen LogP contribution is -2.39. The number of carbonyl (C=O) groups is 1. The third-order valence-corrected chi connectivity index (χ3v) is 7.28. The molecule has 0 radical (unpaired) electrons. The van der Waals surface area contributed by atoms with Gasteiger partial charge in [-0.3, -0.25) is 9.36 Å². The van der Waals surface area contributed by atoms with Crippen LogP contribution in [0.1, 0.15) is 56.8 Å². The smallest absolute Gasteiger partial charge is 0.338 e. The lowest BCUT2D eigenvalue weighted by Gasteiger charge is -2.24. The molecule has 1 aliphatic rings. The Hall–Kier alpha value is -3.65. The number of aryl methyl sites for hydroxylation is 1. The van der Waals surface area contributed by atoms with Gasteiger partial charge in [-0.15, -0.1) is 0 Å². The van der Waals surface area contributed by atoms with Crippen LogP contribution in [0.25, 0.3) is 6.08 Å². The monoisotopic (exact) mass is 520 g/mol. The molecule has 37 heavy (non-hydrogen) atoms. The molecule has 0 amide bonds. The number of allylic oxidation sites excluding steroid dienone is 1. The largest absolute Gasteiger partial charge is 0.493 e. The van der Waals surface area contributed by atoms with Crippen molar-refractivity contribution in [2.45, 2.75) is 53.2 Å². The number of nitrogens with zero attached hydrogens (tertiary/aromatic N) is 2. The van der Waals surface area contributed by atoms with Gasteiger partial charge in [0, 0.05) is 0 Å². The van der Waals surface area contributed by atoms with Crippen molar-refractivity contribution in [1.29, 1.82) is 0 Å². The minimum absolute atomic E-state index is 0.0575. The Labute approximate surface area is 220 Å². The first-order valence-corrected chi connectivity index (χ1v) is 13.2. The predicted molar refractivity (Wildman–Crippen MR) is 145 cm³/mol. The van der Waals surface area contributed by atoms with Gasteiger partial charge in [-0.1, -0.05) is 54.2 Å². The first-order chi connectivity index (χ1) is 17.8. The molecule has 2 aromatic carbocycles. The van der Waals surface area contributed by atoms with Gasteiger partial charge in [0.25, 0.3) is 5.56 Å². The summed E-state index contributed by atoms with van der Waals surface area (Å²) in [6.07, 6.45) is 2.75.